The fourth-order valence-corrected chi connectivity index (χ4v) is 2.03. The molecule has 0 saturated carbocycles. The van der Waals surface area contributed by atoms with E-state index in [1.54, 1.807) is 24.3 Å². The topological polar surface area (TPSA) is 81.8 Å². The molecule has 1 fully saturated rings. The number of nitrogens with two attached hydrogens (primary N) is 2. The van der Waals surface area contributed by atoms with E-state index in [2.05, 4.69) is 10.0 Å². The van der Waals surface area contributed by atoms with Crippen LogP contribution in [0.4, 0.5) is 10.1 Å². The van der Waals surface area contributed by atoms with Crippen LogP contribution in [0.25, 0.3) is 0 Å². The molecule has 3 rings (SSSR count). The van der Waals surface area contributed by atoms with Crippen LogP contribution in [-0.4, -0.2) is 31.0 Å². The summed E-state index contributed by atoms with van der Waals surface area (Å²) in [7, 11) is 0. The lowest BCUT2D eigenvalue weighted by molar-refractivity contribution is 0.122. The highest BCUT2D eigenvalue weighted by Gasteiger charge is 2.11. The molecule has 0 spiro atoms. The van der Waals surface area contributed by atoms with E-state index in [1.807, 2.05) is 12.3 Å². The van der Waals surface area contributed by atoms with Crippen molar-refractivity contribution in [2.75, 3.05) is 37.0 Å². The maximum absolute atomic E-state index is 11.9. The smallest absolute Gasteiger partial charge is 0.170 e. The van der Waals surface area contributed by atoms with Gasteiger partial charge in [-0.2, -0.15) is 5.10 Å². The second-order valence-corrected chi connectivity index (χ2v) is 4.68. The third-order valence-corrected chi connectivity index (χ3v) is 3.18. The Morgan fingerprint density at radius 3 is 2.23 bits per heavy atom. The number of halogens is 1. The van der Waals surface area contributed by atoms with Crippen molar-refractivity contribution >= 4 is 5.69 Å². The first-order valence-corrected chi connectivity index (χ1v) is 6.95. The van der Waals surface area contributed by atoms with Gasteiger partial charge in [0.05, 0.1) is 25.1 Å². The van der Waals surface area contributed by atoms with Gasteiger partial charge in [0.25, 0.3) is 0 Å². The van der Waals surface area contributed by atoms with Crippen molar-refractivity contribution in [2.24, 2.45) is 10.9 Å². The quantitative estimate of drug-likeness (QED) is 0.598. The molecule has 4 N–H and O–H groups in total. The van der Waals surface area contributed by atoms with Crippen molar-refractivity contribution in [3.8, 4) is 0 Å². The zero-order chi connectivity index (χ0) is 15.8. The van der Waals surface area contributed by atoms with Gasteiger partial charge in [-0.05, 0) is 24.3 Å². The largest absolute Gasteiger partial charge is 0.378 e. The van der Waals surface area contributed by atoms with Gasteiger partial charge in [-0.15, -0.1) is 0 Å². The number of morpholine rings is 1. The summed E-state index contributed by atoms with van der Waals surface area (Å²) in [6.45, 7) is 3.29. The molecule has 1 aromatic heterocycles. The number of pyridine rings is 1. The lowest BCUT2D eigenvalue weighted by atomic mass is 10.3. The Balaban J connectivity index is 0.000000211. The number of rotatable bonds is 1. The average molecular weight is 305 g/mol. The average Bonchev–Trinajstić information content (AvgIpc) is 2.57. The third kappa shape index (κ3) is 4.49. The zero-order valence-corrected chi connectivity index (χ0v) is 12.2. The van der Waals surface area contributed by atoms with Gasteiger partial charge < -0.3 is 21.3 Å². The van der Waals surface area contributed by atoms with E-state index in [1.165, 1.54) is 16.8 Å². The molecule has 118 valence electrons. The lowest BCUT2D eigenvalue weighted by Gasteiger charge is -2.28. The number of aromatic nitrogens is 1. The zero-order valence-electron chi connectivity index (χ0n) is 12.2. The van der Waals surface area contributed by atoms with Crippen molar-refractivity contribution < 1.29 is 9.13 Å². The summed E-state index contributed by atoms with van der Waals surface area (Å²) in [5, 5.41) is 3.55. The molecular weight excluding hydrogens is 285 g/mol. The highest BCUT2D eigenvalue weighted by molar-refractivity contribution is 5.44. The SMILES string of the molecule is Fc1ccccc1.N/N=c1/ccc(N2CCOCC2)cn1N. The van der Waals surface area contributed by atoms with E-state index < -0.39 is 0 Å². The van der Waals surface area contributed by atoms with Crippen LogP contribution >= 0.6 is 0 Å². The van der Waals surface area contributed by atoms with E-state index >= 15 is 0 Å². The molecule has 22 heavy (non-hydrogen) atoms. The normalized spacial score (nSPS) is 15.1. The minimum atomic E-state index is -0.178. The molecule has 7 heteroatoms. The molecule has 1 saturated heterocycles. The summed E-state index contributed by atoms with van der Waals surface area (Å²) in [6, 6.07) is 11.7. The Morgan fingerprint density at radius 2 is 1.73 bits per heavy atom. The second kappa shape index (κ2) is 8.04. The molecule has 0 atom stereocenters. The molecule has 1 aromatic carbocycles. The minimum Gasteiger partial charge on any atom is -0.378 e. The van der Waals surface area contributed by atoms with Crippen molar-refractivity contribution in [1.82, 2.24) is 4.68 Å². The fraction of sp³-hybridized carbons (Fsp3) is 0.267. The molecule has 0 aliphatic carbocycles. The van der Waals surface area contributed by atoms with Gasteiger partial charge in [0, 0.05) is 13.1 Å². The number of hydrogen-bond acceptors (Lipinski definition) is 5. The molecule has 1 aliphatic rings. The van der Waals surface area contributed by atoms with Crippen LogP contribution in [0.5, 0.6) is 0 Å². The first kappa shape index (κ1) is 15.8. The van der Waals surface area contributed by atoms with Gasteiger partial charge in [0.15, 0.2) is 5.49 Å². The predicted molar refractivity (Wildman–Crippen MR) is 83.8 cm³/mol. The fourth-order valence-electron chi connectivity index (χ4n) is 2.03. The minimum absolute atomic E-state index is 0.178. The van der Waals surface area contributed by atoms with E-state index in [9.17, 15) is 4.39 Å². The monoisotopic (exact) mass is 305 g/mol. The van der Waals surface area contributed by atoms with Crippen LogP contribution in [0, 0.1) is 5.82 Å². The van der Waals surface area contributed by atoms with Crippen LogP contribution in [0.2, 0.25) is 0 Å². The van der Waals surface area contributed by atoms with Gasteiger partial charge >= 0.3 is 0 Å². The van der Waals surface area contributed by atoms with Crippen molar-refractivity contribution in [3.63, 3.8) is 0 Å². The second-order valence-electron chi connectivity index (χ2n) is 4.68. The Bertz CT molecular complexity index is 638. The molecule has 6 nitrogen and oxygen atoms in total. The maximum atomic E-state index is 11.9. The molecule has 0 unspecified atom stereocenters. The Morgan fingerprint density at radius 1 is 1.05 bits per heavy atom. The van der Waals surface area contributed by atoms with E-state index in [0.717, 1.165) is 32.0 Å². The van der Waals surface area contributed by atoms with Gasteiger partial charge in [0.1, 0.15) is 5.82 Å². The van der Waals surface area contributed by atoms with Crippen LogP contribution in [0.15, 0.2) is 53.8 Å². The predicted octanol–water partition coefficient (Wildman–Crippen LogP) is 0.639. The maximum Gasteiger partial charge on any atom is 0.170 e. The van der Waals surface area contributed by atoms with Gasteiger partial charge in [0.2, 0.25) is 0 Å². The number of benzene rings is 1. The standard InChI is InChI=1S/C9H15N5O.C6H5F/c10-12-9-2-1-8(7-14(9)11)13-3-5-15-6-4-13;7-6-4-2-1-3-5-6/h1-2,7H,3-6,10-11H2;1-5H/b12-9-;. The number of hydrogen-bond donors (Lipinski definition) is 2. The van der Waals surface area contributed by atoms with Crippen LogP contribution in [0.3, 0.4) is 0 Å². The van der Waals surface area contributed by atoms with Crippen molar-refractivity contribution in [1.29, 1.82) is 0 Å². The number of ether oxygens (including phenoxy) is 1. The van der Waals surface area contributed by atoms with Crippen LogP contribution < -0.4 is 22.1 Å². The van der Waals surface area contributed by atoms with Gasteiger partial charge in [-0.3, -0.25) is 0 Å². The first-order chi connectivity index (χ1) is 10.7. The third-order valence-electron chi connectivity index (χ3n) is 3.18. The van der Waals surface area contributed by atoms with Gasteiger partial charge in [-0.25, -0.2) is 9.07 Å². The molecule has 1 aliphatic heterocycles. The molecule has 0 bridgehead atoms. The first-order valence-electron chi connectivity index (χ1n) is 6.95. The molecule has 2 aromatic rings. The summed E-state index contributed by atoms with van der Waals surface area (Å²) < 4.78 is 18.6. The molecule has 0 amide bonds. The Kier molecular flexibility index (Phi) is 5.79. The van der Waals surface area contributed by atoms with Crippen LogP contribution in [0.1, 0.15) is 0 Å². The van der Waals surface area contributed by atoms with Crippen LogP contribution in [-0.2, 0) is 4.74 Å². The number of nitrogens with zero attached hydrogens (tertiary/aromatic N) is 3. The number of anilines is 1. The summed E-state index contributed by atoms with van der Waals surface area (Å²) in [4.78, 5) is 2.22. The summed E-state index contributed by atoms with van der Waals surface area (Å²) >= 11 is 0. The van der Waals surface area contributed by atoms with Gasteiger partial charge in [-0.1, -0.05) is 18.2 Å². The summed E-state index contributed by atoms with van der Waals surface area (Å²) in [5.74, 6) is 10.7. The summed E-state index contributed by atoms with van der Waals surface area (Å²) in [6.07, 6.45) is 1.82. The Hall–Kier alpha value is -2.54. The van der Waals surface area contributed by atoms with Crippen molar-refractivity contribution in [3.05, 3.63) is 60.0 Å². The highest BCUT2D eigenvalue weighted by Crippen LogP contribution is 2.12. The summed E-state index contributed by atoms with van der Waals surface area (Å²) in [5.41, 5.74) is 1.61. The number of nitrogen functional groups attached to an aromatic ring is 1. The molecule has 2 heterocycles. The van der Waals surface area contributed by atoms with E-state index in [-0.39, 0.29) is 5.82 Å². The Labute approximate surface area is 128 Å². The van der Waals surface area contributed by atoms with E-state index in [0.29, 0.717) is 5.49 Å². The van der Waals surface area contributed by atoms with Crippen molar-refractivity contribution in [2.45, 2.75) is 0 Å². The van der Waals surface area contributed by atoms with E-state index in [4.69, 9.17) is 16.4 Å². The molecule has 0 radical (unpaired) electrons. The molecular formula is C15H20FN5O. The highest BCUT2D eigenvalue weighted by atomic mass is 19.1. The lowest BCUT2D eigenvalue weighted by Crippen LogP contribution is -2.38.